The Bertz CT molecular complexity index is 988. The molecule has 0 aliphatic carbocycles. The summed E-state index contributed by atoms with van der Waals surface area (Å²) in [6, 6.07) is 3.23. The number of nitrogens with one attached hydrogen (secondary N) is 1. The van der Waals surface area contributed by atoms with Crippen molar-refractivity contribution >= 4 is 11.6 Å². The molecule has 4 rings (SSSR count). The molecule has 0 saturated carbocycles. The molecule has 1 aliphatic rings. The number of methoxy groups -OCH3 is 1. The number of benzene rings is 1. The summed E-state index contributed by atoms with van der Waals surface area (Å²) in [4.78, 5) is 12.6. The SMILES string of the molecule is COc1cc(C(=O)Nc2cnn(Cc3c(C)noc3C)c2)cc2c1OCO2. The van der Waals surface area contributed by atoms with Crippen LogP contribution in [-0.4, -0.2) is 34.7 Å². The average Bonchev–Trinajstić information content (AvgIpc) is 3.38. The van der Waals surface area contributed by atoms with E-state index in [4.69, 9.17) is 18.7 Å². The molecule has 1 amide bonds. The van der Waals surface area contributed by atoms with Crippen LogP contribution >= 0.6 is 0 Å². The molecule has 0 atom stereocenters. The van der Waals surface area contributed by atoms with Crippen LogP contribution in [0.15, 0.2) is 29.0 Å². The van der Waals surface area contributed by atoms with Gasteiger partial charge in [-0.25, -0.2) is 0 Å². The van der Waals surface area contributed by atoms with Crippen molar-refractivity contribution in [3.63, 3.8) is 0 Å². The van der Waals surface area contributed by atoms with Crippen molar-refractivity contribution in [1.29, 1.82) is 0 Å². The third kappa shape index (κ3) is 3.19. The first kappa shape index (κ1) is 17.0. The first-order valence-electron chi connectivity index (χ1n) is 8.28. The first-order valence-corrected chi connectivity index (χ1v) is 8.28. The molecule has 0 unspecified atom stereocenters. The van der Waals surface area contributed by atoms with E-state index < -0.39 is 0 Å². The lowest BCUT2D eigenvalue weighted by Gasteiger charge is -2.08. The fourth-order valence-corrected chi connectivity index (χ4v) is 2.87. The molecule has 2 aromatic heterocycles. The molecule has 140 valence electrons. The zero-order chi connectivity index (χ0) is 19.0. The lowest BCUT2D eigenvalue weighted by molar-refractivity contribution is 0.102. The molecule has 27 heavy (non-hydrogen) atoms. The number of carbonyl (C=O) groups excluding carboxylic acids is 1. The van der Waals surface area contributed by atoms with Crippen molar-refractivity contribution in [2.45, 2.75) is 20.4 Å². The van der Waals surface area contributed by atoms with Gasteiger partial charge in [0.2, 0.25) is 12.5 Å². The molecule has 0 spiro atoms. The maximum Gasteiger partial charge on any atom is 0.256 e. The van der Waals surface area contributed by atoms with Gasteiger partial charge in [-0.05, 0) is 26.0 Å². The van der Waals surface area contributed by atoms with Gasteiger partial charge in [0.25, 0.3) is 5.91 Å². The van der Waals surface area contributed by atoms with Crippen molar-refractivity contribution in [1.82, 2.24) is 14.9 Å². The standard InChI is InChI=1S/C18H18N4O5/c1-10-14(11(2)27-21-10)8-22-7-13(6-19-22)20-18(23)12-4-15(24-3)17-16(5-12)25-9-26-17/h4-7H,8-9H2,1-3H3,(H,20,23). The van der Waals surface area contributed by atoms with E-state index >= 15 is 0 Å². The van der Waals surface area contributed by atoms with Crippen LogP contribution in [0.1, 0.15) is 27.4 Å². The van der Waals surface area contributed by atoms with E-state index in [1.165, 1.54) is 7.11 Å². The highest BCUT2D eigenvalue weighted by Gasteiger charge is 2.22. The highest BCUT2D eigenvalue weighted by Crippen LogP contribution is 2.41. The molecule has 0 saturated heterocycles. The van der Waals surface area contributed by atoms with E-state index in [1.54, 1.807) is 29.2 Å². The number of amides is 1. The largest absolute Gasteiger partial charge is 0.493 e. The van der Waals surface area contributed by atoms with Crippen LogP contribution in [0.2, 0.25) is 0 Å². The molecule has 0 bridgehead atoms. The van der Waals surface area contributed by atoms with Gasteiger partial charge in [-0.15, -0.1) is 0 Å². The molecule has 9 heteroatoms. The van der Waals surface area contributed by atoms with Crippen LogP contribution in [0, 0.1) is 13.8 Å². The predicted octanol–water partition coefficient (Wildman–Crippen LogP) is 2.53. The number of aryl methyl sites for hydroxylation is 2. The number of nitrogens with zero attached hydrogens (tertiary/aromatic N) is 3. The third-order valence-corrected chi connectivity index (χ3v) is 4.31. The summed E-state index contributed by atoms with van der Waals surface area (Å²) in [6.45, 7) is 4.35. The molecule has 1 aliphatic heterocycles. The van der Waals surface area contributed by atoms with Gasteiger partial charge in [-0.2, -0.15) is 5.10 Å². The minimum atomic E-state index is -0.302. The zero-order valence-electron chi connectivity index (χ0n) is 15.1. The Balaban J connectivity index is 1.50. The lowest BCUT2D eigenvalue weighted by atomic mass is 10.1. The number of anilines is 1. The van der Waals surface area contributed by atoms with Crippen LogP contribution in [0.25, 0.3) is 0 Å². The smallest absolute Gasteiger partial charge is 0.256 e. The van der Waals surface area contributed by atoms with E-state index in [-0.39, 0.29) is 12.7 Å². The Morgan fingerprint density at radius 2 is 2.19 bits per heavy atom. The van der Waals surface area contributed by atoms with Gasteiger partial charge in [0.1, 0.15) is 5.76 Å². The van der Waals surface area contributed by atoms with Crippen LogP contribution in [0.4, 0.5) is 5.69 Å². The molecule has 3 heterocycles. The summed E-state index contributed by atoms with van der Waals surface area (Å²) in [5.74, 6) is 1.88. The monoisotopic (exact) mass is 370 g/mol. The molecule has 1 aromatic carbocycles. The Hall–Kier alpha value is -3.49. The van der Waals surface area contributed by atoms with E-state index in [2.05, 4.69) is 15.6 Å². The van der Waals surface area contributed by atoms with Crippen LogP contribution in [0.3, 0.4) is 0 Å². The lowest BCUT2D eigenvalue weighted by Crippen LogP contribution is -2.11. The van der Waals surface area contributed by atoms with Crippen LogP contribution in [0.5, 0.6) is 17.2 Å². The van der Waals surface area contributed by atoms with Gasteiger partial charge in [0.05, 0.1) is 31.2 Å². The maximum atomic E-state index is 12.6. The number of fused-ring (bicyclic) bond motifs is 1. The van der Waals surface area contributed by atoms with Gasteiger partial charge in [0, 0.05) is 17.3 Å². The van der Waals surface area contributed by atoms with Gasteiger partial charge in [-0.1, -0.05) is 5.16 Å². The number of carbonyl (C=O) groups is 1. The summed E-state index contributed by atoms with van der Waals surface area (Å²) in [7, 11) is 1.51. The Kier molecular flexibility index (Phi) is 4.19. The van der Waals surface area contributed by atoms with Crippen molar-refractivity contribution in [3.05, 3.63) is 47.1 Å². The van der Waals surface area contributed by atoms with E-state index in [9.17, 15) is 4.79 Å². The molecular weight excluding hydrogens is 352 g/mol. The summed E-state index contributed by atoms with van der Waals surface area (Å²) in [5, 5.41) is 11.0. The van der Waals surface area contributed by atoms with Crippen LogP contribution in [-0.2, 0) is 6.54 Å². The zero-order valence-corrected chi connectivity index (χ0v) is 15.1. The highest BCUT2D eigenvalue weighted by molar-refractivity contribution is 6.05. The topological polar surface area (TPSA) is 101 Å². The second-order valence-electron chi connectivity index (χ2n) is 6.10. The number of rotatable bonds is 5. The van der Waals surface area contributed by atoms with Crippen molar-refractivity contribution in [2.75, 3.05) is 19.2 Å². The van der Waals surface area contributed by atoms with Crippen molar-refractivity contribution < 1.29 is 23.5 Å². The summed E-state index contributed by atoms with van der Waals surface area (Å²) in [6.07, 6.45) is 3.33. The molecule has 0 fully saturated rings. The van der Waals surface area contributed by atoms with E-state index in [1.807, 2.05) is 13.8 Å². The fraction of sp³-hybridized carbons (Fsp3) is 0.278. The molecule has 0 radical (unpaired) electrons. The molecule has 3 aromatic rings. The van der Waals surface area contributed by atoms with Gasteiger partial charge in [0.15, 0.2) is 11.5 Å². The highest BCUT2D eigenvalue weighted by atomic mass is 16.7. The number of ether oxygens (including phenoxy) is 3. The summed E-state index contributed by atoms with van der Waals surface area (Å²) < 4.78 is 22.8. The van der Waals surface area contributed by atoms with Crippen LogP contribution < -0.4 is 19.5 Å². The second-order valence-corrected chi connectivity index (χ2v) is 6.10. The third-order valence-electron chi connectivity index (χ3n) is 4.31. The Morgan fingerprint density at radius 3 is 2.93 bits per heavy atom. The molecular formula is C18H18N4O5. The summed E-state index contributed by atoms with van der Waals surface area (Å²) >= 11 is 0. The molecule has 1 N–H and O–H groups in total. The van der Waals surface area contributed by atoms with E-state index in [0.29, 0.717) is 35.0 Å². The minimum Gasteiger partial charge on any atom is -0.493 e. The Labute approximate surface area is 154 Å². The normalized spacial score (nSPS) is 12.3. The van der Waals surface area contributed by atoms with Gasteiger partial charge < -0.3 is 24.1 Å². The molecule has 9 nitrogen and oxygen atoms in total. The fourth-order valence-electron chi connectivity index (χ4n) is 2.87. The Morgan fingerprint density at radius 1 is 1.33 bits per heavy atom. The predicted molar refractivity (Wildman–Crippen MR) is 94.4 cm³/mol. The number of aromatic nitrogens is 3. The van der Waals surface area contributed by atoms with Crippen molar-refractivity contribution in [3.8, 4) is 17.2 Å². The summed E-state index contributed by atoms with van der Waals surface area (Å²) in [5.41, 5.74) is 2.76. The number of hydrogen-bond acceptors (Lipinski definition) is 7. The van der Waals surface area contributed by atoms with Gasteiger partial charge in [-0.3, -0.25) is 9.48 Å². The van der Waals surface area contributed by atoms with E-state index in [0.717, 1.165) is 17.0 Å². The second kappa shape index (κ2) is 6.67. The maximum absolute atomic E-state index is 12.6. The van der Waals surface area contributed by atoms with Gasteiger partial charge >= 0.3 is 0 Å². The van der Waals surface area contributed by atoms with Crippen molar-refractivity contribution in [2.24, 2.45) is 0 Å². The quantitative estimate of drug-likeness (QED) is 0.736. The minimum absolute atomic E-state index is 0.102. The average molecular weight is 370 g/mol. The number of hydrogen-bond donors (Lipinski definition) is 1. The first-order chi connectivity index (χ1) is 13.0.